The van der Waals surface area contributed by atoms with E-state index in [-0.39, 0.29) is 15.7 Å². The molecule has 4 rings (SSSR count). The first-order chi connectivity index (χ1) is 12.4. The van der Waals surface area contributed by atoms with Crippen LogP contribution in [-0.2, 0) is 9.84 Å². The fourth-order valence-electron chi connectivity index (χ4n) is 4.13. The SMILES string of the molecule is CN1c2ccc(S(=O)(=O)c3ccc(F)c(F)c3)cc2[C@@H]2CCNCC[C@H]21. The van der Waals surface area contributed by atoms with Crippen LogP contribution < -0.4 is 10.2 Å². The topological polar surface area (TPSA) is 49.4 Å². The zero-order valence-electron chi connectivity index (χ0n) is 14.4. The Morgan fingerprint density at radius 2 is 1.69 bits per heavy atom. The maximum absolute atomic E-state index is 13.5. The van der Waals surface area contributed by atoms with Crippen LogP contribution in [0.2, 0.25) is 0 Å². The van der Waals surface area contributed by atoms with Crippen molar-refractivity contribution in [1.29, 1.82) is 0 Å². The van der Waals surface area contributed by atoms with Crippen LogP contribution >= 0.6 is 0 Å². The van der Waals surface area contributed by atoms with Gasteiger partial charge in [-0.3, -0.25) is 0 Å². The van der Waals surface area contributed by atoms with E-state index < -0.39 is 21.5 Å². The molecule has 2 aromatic rings. The molecule has 2 aromatic carbocycles. The molecule has 0 bridgehead atoms. The number of nitrogens with one attached hydrogen (secondary N) is 1. The van der Waals surface area contributed by atoms with Gasteiger partial charge in [0.05, 0.1) is 9.79 Å². The van der Waals surface area contributed by atoms with Gasteiger partial charge in [-0.15, -0.1) is 0 Å². The first kappa shape index (κ1) is 17.4. The number of fused-ring (bicyclic) bond motifs is 3. The summed E-state index contributed by atoms with van der Waals surface area (Å²) < 4.78 is 52.4. The van der Waals surface area contributed by atoms with E-state index in [9.17, 15) is 17.2 Å². The van der Waals surface area contributed by atoms with Crippen molar-refractivity contribution in [3.05, 3.63) is 53.6 Å². The molecule has 0 aliphatic carbocycles. The van der Waals surface area contributed by atoms with Gasteiger partial charge in [-0.1, -0.05) is 0 Å². The third kappa shape index (κ3) is 2.70. The fourth-order valence-corrected chi connectivity index (χ4v) is 5.44. The van der Waals surface area contributed by atoms with Gasteiger partial charge in [0.25, 0.3) is 0 Å². The molecular formula is C19H20F2N2O2S. The molecule has 7 heteroatoms. The van der Waals surface area contributed by atoms with Crippen LogP contribution in [0.1, 0.15) is 24.3 Å². The van der Waals surface area contributed by atoms with Gasteiger partial charge in [0.2, 0.25) is 9.84 Å². The zero-order valence-corrected chi connectivity index (χ0v) is 15.2. The maximum Gasteiger partial charge on any atom is 0.206 e. The highest BCUT2D eigenvalue weighted by atomic mass is 32.2. The number of hydrogen-bond donors (Lipinski definition) is 1. The highest BCUT2D eigenvalue weighted by Gasteiger charge is 2.37. The van der Waals surface area contributed by atoms with Gasteiger partial charge in [-0.25, -0.2) is 17.2 Å². The lowest BCUT2D eigenvalue weighted by atomic mass is 9.91. The molecule has 2 aliphatic rings. The summed E-state index contributed by atoms with van der Waals surface area (Å²) in [7, 11) is -1.87. The minimum atomic E-state index is -3.91. The molecule has 0 radical (unpaired) electrons. The van der Waals surface area contributed by atoms with Crippen LogP contribution in [0.4, 0.5) is 14.5 Å². The Labute approximate surface area is 151 Å². The summed E-state index contributed by atoms with van der Waals surface area (Å²) in [4.78, 5) is 2.11. The lowest BCUT2D eigenvalue weighted by Gasteiger charge is -2.24. The predicted molar refractivity (Wildman–Crippen MR) is 95.3 cm³/mol. The molecule has 0 unspecified atom stereocenters. The highest BCUT2D eigenvalue weighted by Crippen LogP contribution is 2.44. The second-order valence-electron chi connectivity index (χ2n) is 6.91. The van der Waals surface area contributed by atoms with Gasteiger partial charge in [-0.2, -0.15) is 0 Å². The van der Waals surface area contributed by atoms with Crippen LogP contribution in [0.3, 0.4) is 0 Å². The summed E-state index contributed by atoms with van der Waals surface area (Å²) in [5.74, 6) is -1.96. The number of benzene rings is 2. The molecule has 0 spiro atoms. The van der Waals surface area contributed by atoms with Crippen molar-refractivity contribution in [2.24, 2.45) is 0 Å². The number of likely N-dealkylation sites (N-methyl/N-ethyl adjacent to an activating group) is 1. The van der Waals surface area contributed by atoms with Gasteiger partial charge in [-0.05, 0) is 67.9 Å². The van der Waals surface area contributed by atoms with E-state index in [1.807, 2.05) is 13.1 Å². The van der Waals surface area contributed by atoms with E-state index in [4.69, 9.17) is 0 Å². The molecule has 1 N–H and O–H groups in total. The normalized spacial score (nSPS) is 22.7. The van der Waals surface area contributed by atoms with Crippen LogP contribution in [0.5, 0.6) is 0 Å². The van der Waals surface area contributed by atoms with Crippen molar-refractivity contribution in [1.82, 2.24) is 5.32 Å². The molecular weight excluding hydrogens is 358 g/mol. The van der Waals surface area contributed by atoms with Crippen LogP contribution in [0.25, 0.3) is 0 Å². The molecule has 138 valence electrons. The Morgan fingerprint density at radius 3 is 2.46 bits per heavy atom. The van der Waals surface area contributed by atoms with Crippen LogP contribution in [-0.4, -0.2) is 34.6 Å². The van der Waals surface area contributed by atoms with Crippen LogP contribution in [0, 0.1) is 11.6 Å². The summed E-state index contributed by atoms with van der Waals surface area (Å²) in [6.45, 7) is 1.84. The minimum Gasteiger partial charge on any atom is -0.371 e. The van der Waals surface area contributed by atoms with Crippen LogP contribution in [0.15, 0.2) is 46.2 Å². The standard InChI is InChI=1S/C19H20F2N2O2S/c1-23-18-5-3-12(10-15(18)14-6-8-22-9-7-19(14)23)26(24,25)13-2-4-16(20)17(21)11-13/h2-5,10-11,14,19,22H,6-9H2,1H3/t14-,19+/m0/s1. The lowest BCUT2D eigenvalue weighted by molar-refractivity contribution is 0.504. The number of halogens is 2. The average Bonchev–Trinajstić information content (AvgIpc) is 2.79. The van der Waals surface area contributed by atoms with Crippen molar-refractivity contribution < 1.29 is 17.2 Å². The molecule has 4 nitrogen and oxygen atoms in total. The van der Waals surface area contributed by atoms with E-state index in [2.05, 4.69) is 10.2 Å². The molecule has 2 heterocycles. The maximum atomic E-state index is 13.5. The summed E-state index contributed by atoms with van der Waals surface area (Å²) in [5, 5.41) is 3.39. The first-order valence-corrected chi connectivity index (χ1v) is 10.2. The Morgan fingerprint density at radius 1 is 1.00 bits per heavy atom. The van der Waals surface area contributed by atoms with Crippen molar-refractivity contribution in [2.75, 3.05) is 25.0 Å². The number of anilines is 1. The Kier molecular flexibility index (Phi) is 4.23. The van der Waals surface area contributed by atoms with Crippen molar-refractivity contribution in [2.45, 2.75) is 34.6 Å². The molecule has 2 aliphatic heterocycles. The predicted octanol–water partition coefficient (Wildman–Crippen LogP) is 3.08. The zero-order chi connectivity index (χ0) is 18.5. The van der Waals surface area contributed by atoms with Gasteiger partial charge in [0.15, 0.2) is 11.6 Å². The summed E-state index contributed by atoms with van der Waals surface area (Å²) in [5.41, 5.74) is 2.07. The third-order valence-electron chi connectivity index (χ3n) is 5.50. The molecule has 26 heavy (non-hydrogen) atoms. The lowest BCUT2D eigenvalue weighted by Crippen LogP contribution is -2.30. The molecule has 0 aromatic heterocycles. The Bertz CT molecular complexity index is 962. The fraction of sp³-hybridized carbons (Fsp3) is 0.368. The number of hydrogen-bond acceptors (Lipinski definition) is 4. The molecule has 0 amide bonds. The molecule has 1 saturated heterocycles. The van der Waals surface area contributed by atoms with Gasteiger partial charge in [0.1, 0.15) is 0 Å². The molecule has 0 saturated carbocycles. The van der Waals surface area contributed by atoms with E-state index in [1.54, 1.807) is 12.1 Å². The summed E-state index contributed by atoms with van der Waals surface area (Å²) >= 11 is 0. The molecule has 1 fully saturated rings. The van der Waals surface area contributed by atoms with Crippen molar-refractivity contribution >= 4 is 15.5 Å². The Hall–Kier alpha value is -1.99. The second kappa shape index (κ2) is 6.32. The quantitative estimate of drug-likeness (QED) is 0.816. The third-order valence-corrected chi connectivity index (χ3v) is 7.25. The monoisotopic (exact) mass is 378 g/mol. The van der Waals surface area contributed by atoms with Crippen molar-refractivity contribution in [3.63, 3.8) is 0 Å². The van der Waals surface area contributed by atoms with E-state index in [1.165, 1.54) is 0 Å². The van der Waals surface area contributed by atoms with E-state index in [0.717, 1.165) is 55.4 Å². The first-order valence-electron chi connectivity index (χ1n) is 8.67. The summed E-state index contributed by atoms with van der Waals surface area (Å²) in [6, 6.07) is 8.11. The Balaban J connectivity index is 1.78. The number of nitrogens with zero attached hydrogens (tertiary/aromatic N) is 1. The molecule has 2 atom stereocenters. The average molecular weight is 378 g/mol. The van der Waals surface area contributed by atoms with E-state index >= 15 is 0 Å². The smallest absolute Gasteiger partial charge is 0.206 e. The van der Waals surface area contributed by atoms with E-state index in [0.29, 0.717) is 6.04 Å². The summed E-state index contributed by atoms with van der Waals surface area (Å²) in [6.07, 6.45) is 1.94. The highest BCUT2D eigenvalue weighted by molar-refractivity contribution is 7.91. The van der Waals surface area contributed by atoms with Gasteiger partial charge < -0.3 is 10.2 Å². The minimum absolute atomic E-state index is 0.119. The van der Waals surface area contributed by atoms with Gasteiger partial charge >= 0.3 is 0 Å². The second-order valence-corrected chi connectivity index (χ2v) is 8.86. The van der Waals surface area contributed by atoms with Crippen molar-refractivity contribution in [3.8, 4) is 0 Å². The van der Waals surface area contributed by atoms with Gasteiger partial charge in [0, 0.05) is 24.7 Å². The number of sulfone groups is 1. The number of rotatable bonds is 2. The largest absolute Gasteiger partial charge is 0.371 e.